The number of carbonyl (C=O) groups is 1. The fourth-order valence-corrected chi connectivity index (χ4v) is 3.22. The summed E-state index contributed by atoms with van der Waals surface area (Å²) >= 11 is 8.19. The molecule has 1 unspecified atom stereocenters. The van der Waals surface area contributed by atoms with Gasteiger partial charge in [0.15, 0.2) is 0 Å². The maximum absolute atomic E-state index is 12.6. The lowest BCUT2D eigenvalue weighted by atomic mass is 9.80. The van der Waals surface area contributed by atoms with Crippen molar-refractivity contribution in [2.75, 3.05) is 13.1 Å². The number of halogens is 2. The third-order valence-electron chi connectivity index (χ3n) is 3.86. The Kier molecular flexibility index (Phi) is 4.45. The van der Waals surface area contributed by atoms with Crippen molar-refractivity contribution in [3.63, 3.8) is 0 Å². The Morgan fingerprint density at radius 3 is 2.68 bits per heavy atom. The van der Waals surface area contributed by atoms with Crippen LogP contribution in [0.3, 0.4) is 0 Å². The van der Waals surface area contributed by atoms with Crippen LogP contribution in [0.5, 0.6) is 0 Å². The van der Waals surface area contributed by atoms with Crippen molar-refractivity contribution < 1.29 is 4.79 Å². The molecule has 1 aliphatic heterocycles. The molecule has 1 aromatic rings. The quantitative estimate of drug-likeness (QED) is 0.648. The van der Waals surface area contributed by atoms with Gasteiger partial charge in [-0.3, -0.25) is 4.79 Å². The van der Waals surface area contributed by atoms with E-state index < -0.39 is 0 Å². The van der Waals surface area contributed by atoms with Gasteiger partial charge in [-0.15, -0.1) is 0 Å². The summed E-state index contributed by atoms with van der Waals surface area (Å²) in [4.78, 5) is 14.5. The second-order valence-corrected chi connectivity index (χ2v) is 7.83. The minimum absolute atomic E-state index is 0.110. The summed E-state index contributed by atoms with van der Waals surface area (Å²) in [7, 11) is 0. The van der Waals surface area contributed by atoms with Crippen LogP contribution in [0.1, 0.15) is 37.6 Å². The molecule has 0 bridgehead atoms. The molecule has 0 spiro atoms. The number of rotatable bonds is 1. The standard InChI is InChI=1S/C15H19ClINO/c1-15(2,3)10-6-7-18(9-10)14(19)12-8-11(16)4-5-13(12)17/h4-5,8,10H,6-7,9H2,1-3H3. The topological polar surface area (TPSA) is 20.3 Å². The highest BCUT2D eigenvalue weighted by Gasteiger charge is 2.34. The number of benzene rings is 1. The molecule has 1 atom stereocenters. The Hall–Kier alpha value is -0.290. The highest BCUT2D eigenvalue weighted by molar-refractivity contribution is 14.1. The Bertz CT molecular complexity index is 495. The highest BCUT2D eigenvalue weighted by atomic mass is 127. The van der Waals surface area contributed by atoms with Crippen LogP contribution in [-0.4, -0.2) is 23.9 Å². The Morgan fingerprint density at radius 2 is 2.11 bits per heavy atom. The molecule has 4 heteroatoms. The average Bonchev–Trinajstić information content (AvgIpc) is 2.80. The lowest BCUT2D eigenvalue weighted by Crippen LogP contribution is -2.31. The summed E-state index contributed by atoms with van der Waals surface area (Å²) in [6.07, 6.45) is 1.09. The third-order valence-corrected chi connectivity index (χ3v) is 5.03. The van der Waals surface area contributed by atoms with Crippen LogP contribution < -0.4 is 0 Å². The van der Waals surface area contributed by atoms with Gasteiger partial charge in [-0.25, -0.2) is 0 Å². The normalized spacial score (nSPS) is 19.8. The van der Waals surface area contributed by atoms with Crippen LogP contribution in [0.15, 0.2) is 18.2 Å². The van der Waals surface area contributed by atoms with Crippen molar-refractivity contribution in [1.82, 2.24) is 4.90 Å². The minimum atomic E-state index is 0.110. The van der Waals surface area contributed by atoms with Gasteiger partial charge in [-0.2, -0.15) is 0 Å². The molecule has 0 aliphatic carbocycles. The van der Waals surface area contributed by atoms with Gasteiger partial charge in [0.2, 0.25) is 0 Å². The van der Waals surface area contributed by atoms with E-state index in [1.54, 1.807) is 6.07 Å². The molecule has 1 fully saturated rings. The van der Waals surface area contributed by atoms with Crippen LogP contribution in [0.25, 0.3) is 0 Å². The van der Waals surface area contributed by atoms with E-state index in [1.165, 1.54) is 0 Å². The number of hydrogen-bond acceptors (Lipinski definition) is 1. The van der Waals surface area contributed by atoms with Crippen molar-refractivity contribution in [2.24, 2.45) is 11.3 Å². The zero-order chi connectivity index (χ0) is 14.2. The van der Waals surface area contributed by atoms with E-state index in [2.05, 4.69) is 43.4 Å². The first-order chi connectivity index (χ1) is 8.79. The number of hydrogen-bond donors (Lipinski definition) is 0. The molecule has 1 amide bonds. The van der Waals surface area contributed by atoms with Gasteiger partial charge < -0.3 is 4.90 Å². The van der Waals surface area contributed by atoms with E-state index in [0.717, 1.165) is 28.6 Å². The summed E-state index contributed by atoms with van der Waals surface area (Å²) in [5.74, 6) is 0.687. The van der Waals surface area contributed by atoms with Crippen molar-refractivity contribution in [3.8, 4) is 0 Å². The monoisotopic (exact) mass is 391 g/mol. The lowest BCUT2D eigenvalue weighted by Gasteiger charge is -2.27. The molecule has 1 heterocycles. The summed E-state index contributed by atoms with van der Waals surface area (Å²) in [6, 6.07) is 5.49. The van der Waals surface area contributed by atoms with Gasteiger partial charge in [0.05, 0.1) is 5.56 Å². The third kappa shape index (κ3) is 3.43. The van der Waals surface area contributed by atoms with Gasteiger partial charge >= 0.3 is 0 Å². The summed E-state index contributed by atoms with van der Waals surface area (Å²) in [5, 5.41) is 0.621. The minimum Gasteiger partial charge on any atom is -0.338 e. The lowest BCUT2D eigenvalue weighted by molar-refractivity contribution is 0.0775. The summed E-state index contributed by atoms with van der Waals surface area (Å²) in [5.41, 5.74) is 0.985. The first-order valence-corrected chi connectivity index (χ1v) is 7.99. The van der Waals surface area contributed by atoms with Crippen molar-refractivity contribution in [1.29, 1.82) is 0 Å². The zero-order valence-corrected chi connectivity index (χ0v) is 14.5. The van der Waals surface area contributed by atoms with Gasteiger partial charge in [-0.05, 0) is 58.5 Å². The number of amides is 1. The molecule has 1 aromatic carbocycles. The van der Waals surface area contributed by atoms with Gasteiger partial charge in [0, 0.05) is 21.7 Å². The molecular formula is C15H19ClINO. The van der Waals surface area contributed by atoms with E-state index >= 15 is 0 Å². The molecule has 1 aliphatic rings. The van der Waals surface area contributed by atoms with Gasteiger partial charge in [0.1, 0.15) is 0 Å². The molecule has 0 saturated carbocycles. The van der Waals surface area contributed by atoms with E-state index in [0.29, 0.717) is 10.9 Å². The van der Waals surface area contributed by atoms with Crippen LogP contribution >= 0.6 is 34.2 Å². The maximum atomic E-state index is 12.6. The molecule has 1 saturated heterocycles. The summed E-state index contributed by atoms with van der Waals surface area (Å²) < 4.78 is 0.964. The Balaban J connectivity index is 2.16. The number of carbonyl (C=O) groups excluding carboxylic acids is 1. The van der Waals surface area contributed by atoms with Gasteiger partial charge in [0.25, 0.3) is 5.91 Å². The molecule has 19 heavy (non-hydrogen) atoms. The maximum Gasteiger partial charge on any atom is 0.254 e. The smallest absolute Gasteiger partial charge is 0.254 e. The fraction of sp³-hybridized carbons (Fsp3) is 0.533. The largest absolute Gasteiger partial charge is 0.338 e. The number of likely N-dealkylation sites (tertiary alicyclic amines) is 1. The average molecular weight is 392 g/mol. The molecular weight excluding hydrogens is 373 g/mol. The predicted octanol–water partition coefficient (Wildman–Crippen LogP) is 4.45. The first kappa shape index (κ1) is 15.1. The van der Waals surface area contributed by atoms with E-state index in [1.807, 2.05) is 17.0 Å². The van der Waals surface area contributed by atoms with Crippen LogP contribution in [0, 0.1) is 14.9 Å². The number of nitrogens with zero attached hydrogens (tertiary/aromatic N) is 1. The summed E-state index contributed by atoms with van der Waals surface area (Å²) in [6.45, 7) is 8.44. The molecule has 0 N–H and O–H groups in total. The van der Waals surface area contributed by atoms with E-state index in [4.69, 9.17) is 11.6 Å². The zero-order valence-electron chi connectivity index (χ0n) is 11.5. The molecule has 104 valence electrons. The molecule has 2 nitrogen and oxygen atoms in total. The second-order valence-electron chi connectivity index (χ2n) is 6.23. The van der Waals surface area contributed by atoms with Crippen LogP contribution in [-0.2, 0) is 0 Å². The van der Waals surface area contributed by atoms with Crippen LogP contribution in [0.2, 0.25) is 5.02 Å². The fourth-order valence-electron chi connectivity index (χ4n) is 2.48. The van der Waals surface area contributed by atoms with Crippen LogP contribution in [0.4, 0.5) is 0 Å². The first-order valence-electron chi connectivity index (χ1n) is 6.53. The molecule has 0 aromatic heterocycles. The SMILES string of the molecule is CC(C)(C)C1CCN(C(=O)c2cc(Cl)ccc2I)C1. The van der Waals surface area contributed by atoms with E-state index in [9.17, 15) is 4.79 Å². The molecule has 2 rings (SSSR count). The Morgan fingerprint density at radius 1 is 1.42 bits per heavy atom. The Labute approximate surface area is 133 Å². The van der Waals surface area contributed by atoms with Gasteiger partial charge in [-0.1, -0.05) is 32.4 Å². The highest BCUT2D eigenvalue weighted by Crippen LogP contribution is 2.34. The van der Waals surface area contributed by atoms with E-state index in [-0.39, 0.29) is 11.3 Å². The predicted molar refractivity (Wildman–Crippen MR) is 87.6 cm³/mol. The molecule has 0 radical (unpaired) electrons. The van der Waals surface area contributed by atoms with Crippen molar-refractivity contribution in [3.05, 3.63) is 32.4 Å². The van der Waals surface area contributed by atoms with Crippen molar-refractivity contribution >= 4 is 40.1 Å². The second kappa shape index (κ2) is 5.60. The van der Waals surface area contributed by atoms with Crippen molar-refractivity contribution in [2.45, 2.75) is 27.2 Å².